The van der Waals surface area contributed by atoms with Crippen LogP contribution in [-0.2, 0) is 6.42 Å². The van der Waals surface area contributed by atoms with Gasteiger partial charge in [-0.3, -0.25) is 0 Å². The molecule has 1 aromatic carbocycles. The SMILES string of the molecule is Cc1ccc(-c2nc(C)oc2CCN)c(C)c1. The van der Waals surface area contributed by atoms with Gasteiger partial charge in [-0.1, -0.05) is 23.8 Å². The summed E-state index contributed by atoms with van der Waals surface area (Å²) in [5.74, 6) is 1.58. The molecule has 0 aliphatic carbocycles. The Labute approximate surface area is 102 Å². The van der Waals surface area contributed by atoms with Gasteiger partial charge in [0.1, 0.15) is 11.5 Å². The summed E-state index contributed by atoms with van der Waals surface area (Å²) in [4.78, 5) is 4.47. The van der Waals surface area contributed by atoms with Gasteiger partial charge in [0, 0.05) is 18.9 Å². The molecular weight excluding hydrogens is 212 g/mol. The number of nitrogens with zero attached hydrogens (tertiary/aromatic N) is 1. The smallest absolute Gasteiger partial charge is 0.191 e. The number of hydrogen-bond acceptors (Lipinski definition) is 3. The predicted molar refractivity (Wildman–Crippen MR) is 68.9 cm³/mol. The van der Waals surface area contributed by atoms with Gasteiger partial charge in [-0.15, -0.1) is 0 Å². The Morgan fingerprint density at radius 3 is 2.65 bits per heavy atom. The van der Waals surface area contributed by atoms with Crippen molar-refractivity contribution in [3.8, 4) is 11.3 Å². The maximum atomic E-state index is 5.60. The summed E-state index contributed by atoms with van der Waals surface area (Å²) in [6, 6.07) is 6.35. The minimum absolute atomic E-state index is 0.576. The van der Waals surface area contributed by atoms with E-state index < -0.39 is 0 Å². The predicted octanol–water partition coefficient (Wildman–Crippen LogP) is 2.77. The van der Waals surface area contributed by atoms with Gasteiger partial charge in [0.15, 0.2) is 5.89 Å². The van der Waals surface area contributed by atoms with Crippen molar-refractivity contribution >= 4 is 0 Å². The van der Waals surface area contributed by atoms with E-state index in [9.17, 15) is 0 Å². The molecule has 0 saturated heterocycles. The van der Waals surface area contributed by atoms with Gasteiger partial charge < -0.3 is 10.2 Å². The van der Waals surface area contributed by atoms with Crippen LogP contribution in [0.5, 0.6) is 0 Å². The van der Waals surface area contributed by atoms with Crippen molar-refractivity contribution in [2.75, 3.05) is 6.54 Å². The molecular formula is C14H18N2O. The van der Waals surface area contributed by atoms with E-state index in [1.807, 2.05) is 6.92 Å². The molecule has 2 rings (SSSR count). The molecule has 1 heterocycles. The van der Waals surface area contributed by atoms with E-state index in [-0.39, 0.29) is 0 Å². The molecule has 0 aliphatic heterocycles. The average molecular weight is 230 g/mol. The van der Waals surface area contributed by atoms with Crippen LogP contribution in [0.2, 0.25) is 0 Å². The van der Waals surface area contributed by atoms with Crippen molar-refractivity contribution in [3.05, 3.63) is 41.0 Å². The molecule has 0 radical (unpaired) electrons. The van der Waals surface area contributed by atoms with Crippen molar-refractivity contribution in [1.82, 2.24) is 4.98 Å². The molecule has 3 heteroatoms. The molecule has 90 valence electrons. The van der Waals surface area contributed by atoms with Gasteiger partial charge in [0.25, 0.3) is 0 Å². The van der Waals surface area contributed by atoms with Crippen molar-refractivity contribution < 1.29 is 4.42 Å². The Balaban J connectivity index is 2.51. The number of aromatic nitrogens is 1. The van der Waals surface area contributed by atoms with Crippen molar-refractivity contribution in [3.63, 3.8) is 0 Å². The average Bonchev–Trinajstić information content (AvgIpc) is 2.60. The first-order valence-electron chi connectivity index (χ1n) is 5.86. The van der Waals surface area contributed by atoms with Crippen LogP contribution < -0.4 is 5.73 Å². The summed E-state index contributed by atoms with van der Waals surface area (Å²) in [5.41, 5.74) is 10.1. The zero-order valence-corrected chi connectivity index (χ0v) is 10.6. The van der Waals surface area contributed by atoms with Crippen LogP contribution in [0.3, 0.4) is 0 Å². The van der Waals surface area contributed by atoms with Crippen LogP contribution in [0, 0.1) is 20.8 Å². The number of aryl methyl sites for hydroxylation is 3. The lowest BCUT2D eigenvalue weighted by atomic mass is 10.0. The van der Waals surface area contributed by atoms with Crippen LogP contribution >= 0.6 is 0 Å². The first-order valence-corrected chi connectivity index (χ1v) is 5.86. The second-order valence-electron chi connectivity index (χ2n) is 4.36. The summed E-state index contributed by atoms with van der Waals surface area (Å²) >= 11 is 0. The molecule has 0 saturated carbocycles. The van der Waals surface area contributed by atoms with Gasteiger partial charge in [0.05, 0.1) is 0 Å². The summed E-state index contributed by atoms with van der Waals surface area (Å²) < 4.78 is 5.60. The van der Waals surface area contributed by atoms with Crippen molar-refractivity contribution in [1.29, 1.82) is 0 Å². The van der Waals surface area contributed by atoms with Crippen molar-refractivity contribution in [2.45, 2.75) is 27.2 Å². The lowest BCUT2D eigenvalue weighted by molar-refractivity contribution is 0.476. The van der Waals surface area contributed by atoms with E-state index >= 15 is 0 Å². The van der Waals surface area contributed by atoms with E-state index in [0.717, 1.165) is 23.4 Å². The molecule has 0 unspecified atom stereocenters. The first-order chi connectivity index (χ1) is 8.11. The van der Waals surface area contributed by atoms with Gasteiger partial charge in [-0.05, 0) is 26.0 Å². The maximum Gasteiger partial charge on any atom is 0.191 e. The molecule has 0 bridgehead atoms. The summed E-state index contributed by atoms with van der Waals surface area (Å²) in [7, 11) is 0. The lowest BCUT2D eigenvalue weighted by Gasteiger charge is -2.05. The van der Waals surface area contributed by atoms with E-state index in [1.54, 1.807) is 0 Å². The van der Waals surface area contributed by atoms with E-state index in [0.29, 0.717) is 12.4 Å². The molecule has 1 aromatic heterocycles. The molecule has 0 atom stereocenters. The monoisotopic (exact) mass is 230 g/mol. The number of hydrogen-bond donors (Lipinski definition) is 1. The quantitative estimate of drug-likeness (QED) is 0.882. The highest BCUT2D eigenvalue weighted by atomic mass is 16.4. The second-order valence-corrected chi connectivity index (χ2v) is 4.36. The van der Waals surface area contributed by atoms with E-state index in [1.165, 1.54) is 11.1 Å². The number of benzene rings is 1. The van der Waals surface area contributed by atoms with Crippen LogP contribution in [-0.4, -0.2) is 11.5 Å². The Morgan fingerprint density at radius 2 is 2.00 bits per heavy atom. The van der Waals surface area contributed by atoms with Gasteiger partial charge in [-0.2, -0.15) is 0 Å². The fourth-order valence-electron chi connectivity index (χ4n) is 2.06. The largest absolute Gasteiger partial charge is 0.445 e. The molecule has 0 spiro atoms. The fourth-order valence-corrected chi connectivity index (χ4v) is 2.06. The highest BCUT2D eigenvalue weighted by Gasteiger charge is 2.14. The molecule has 3 nitrogen and oxygen atoms in total. The highest BCUT2D eigenvalue weighted by Crippen LogP contribution is 2.27. The Hall–Kier alpha value is -1.61. The van der Waals surface area contributed by atoms with E-state index in [4.69, 9.17) is 10.2 Å². The zero-order valence-electron chi connectivity index (χ0n) is 10.6. The van der Waals surface area contributed by atoms with Crippen LogP contribution in [0.25, 0.3) is 11.3 Å². The molecule has 2 aromatic rings. The third-order valence-electron chi connectivity index (χ3n) is 2.81. The van der Waals surface area contributed by atoms with E-state index in [2.05, 4.69) is 37.0 Å². The summed E-state index contributed by atoms with van der Waals surface area (Å²) in [6.07, 6.45) is 0.726. The molecule has 0 amide bonds. The van der Waals surface area contributed by atoms with Crippen LogP contribution in [0.15, 0.2) is 22.6 Å². The zero-order chi connectivity index (χ0) is 12.4. The van der Waals surface area contributed by atoms with Gasteiger partial charge >= 0.3 is 0 Å². The molecule has 17 heavy (non-hydrogen) atoms. The molecule has 2 N–H and O–H groups in total. The fraction of sp³-hybridized carbons (Fsp3) is 0.357. The third kappa shape index (κ3) is 2.39. The van der Waals surface area contributed by atoms with Gasteiger partial charge in [0.2, 0.25) is 0 Å². The maximum absolute atomic E-state index is 5.60. The van der Waals surface area contributed by atoms with Crippen LogP contribution in [0.1, 0.15) is 22.8 Å². The van der Waals surface area contributed by atoms with Crippen LogP contribution in [0.4, 0.5) is 0 Å². The number of rotatable bonds is 3. The molecule has 0 fully saturated rings. The number of nitrogens with two attached hydrogens (primary N) is 1. The summed E-state index contributed by atoms with van der Waals surface area (Å²) in [5, 5.41) is 0. The summed E-state index contributed by atoms with van der Waals surface area (Å²) in [6.45, 7) is 6.63. The Morgan fingerprint density at radius 1 is 1.24 bits per heavy atom. The number of oxazole rings is 1. The third-order valence-corrected chi connectivity index (χ3v) is 2.81. The normalized spacial score (nSPS) is 10.8. The Kier molecular flexibility index (Phi) is 3.29. The first kappa shape index (κ1) is 11.9. The minimum atomic E-state index is 0.576. The lowest BCUT2D eigenvalue weighted by Crippen LogP contribution is -2.03. The second kappa shape index (κ2) is 4.72. The van der Waals surface area contributed by atoms with Gasteiger partial charge in [-0.25, -0.2) is 4.98 Å². The standard InChI is InChI=1S/C14H18N2O/c1-9-4-5-12(10(2)8-9)14-13(6-7-15)17-11(3)16-14/h4-5,8H,6-7,15H2,1-3H3. The molecule has 0 aliphatic rings. The van der Waals surface area contributed by atoms with Crippen molar-refractivity contribution in [2.24, 2.45) is 5.73 Å². The minimum Gasteiger partial charge on any atom is -0.445 e. The highest BCUT2D eigenvalue weighted by molar-refractivity contribution is 5.65. The Bertz CT molecular complexity index is 529. The topological polar surface area (TPSA) is 52.0 Å².